The number of aromatic nitrogens is 2. The fourth-order valence-corrected chi connectivity index (χ4v) is 2.18. The van der Waals surface area contributed by atoms with Gasteiger partial charge in [-0.2, -0.15) is 0 Å². The molecule has 6 nitrogen and oxygen atoms in total. The lowest BCUT2D eigenvalue weighted by atomic mass is 10.4. The number of hydrogen-bond acceptors (Lipinski definition) is 6. The Bertz CT molecular complexity index is 523. The molecule has 0 fully saturated rings. The van der Waals surface area contributed by atoms with E-state index in [9.17, 15) is 0 Å². The normalized spacial score (nSPS) is 11.5. The lowest BCUT2D eigenvalue weighted by Crippen LogP contribution is -2.19. The van der Waals surface area contributed by atoms with Crippen molar-refractivity contribution in [1.29, 1.82) is 0 Å². The predicted octanol–water partition coefficient (Wildman–Crippen LogP) is 1.27. The zero-order valence-electron chi connectivity index (χ0n) is 9.82. The van der Waals surface area contributed by atoms with E-state index in [0.717, 1.165) is 12.4 Å². The lowest BCUT2D eigenvalue weighted by Gasteiger charge is -2.16. The predicted molar refractivity (Wildman–Crippen MR) is 71.0 cm³/mol. The zero-order chi connectivity index (χ0) is 13.0. The van der Waals surface area contributed by atoms with Crippen LogP contribution in [0, 0.1) is 0 Å². The Labute approximate surface area is 108 Å². The van der Waals surface area contributed by atoms with Crippen LogP contribution < -0.4 is 10.6 Å². The molecule has 94 valence electrons. The third kappa shape index (κ3) is 2.75. The Balaban J connectivity index is 2.09. The molecule has 2 aromatic rings. The molecule has 2 rings (SSSR count). The maximum Gasteiger partial charge on any atom is 0.190 e. The molecular formula is C11H13N5OS. The van der Waals surface area contributed by atoms with Gasteiger partial charge >= 0.3 is 0 Å². The lowest BCUT2D eigenvalue weighted by molar-refractivity contribution is 0.318. The van der Waals surface area contributed by atoms with Crippen molar-refractivity contribution in [3.8, 4) is 0 Å². The molecule has 2 heterocycles. The summed E-state index contributed by atoms with van der Waals surface area (Å²) in [5.41, 5.74) is 5.77. The molecule has 0 amide bonds. The number of amidine groups is 1. The van der Waals surface area contributed by atoms with E-state index in [1.807, 2.05) is 23.4 Å². The van der Waals surface area contributed by atoms with Crippen molar-refractivity contribution in [2.75, 3.05) is 11.9 Å². The summed E-state index contributed by atoms with van der Waals surface area (Å²) >= 11 is 1.70. The fraction of sp³-hybridized carbons (Fsp3) is 0.182. The zero-order valence-corrected chi connectivity index (χ0v) is 10.6. The van der Waals surface area contributed by atoms with Gasteiger partial charge in [0.05, 0.1) is 18.9 Å². The minimum atomic E-state index is -0.0463. The minimum Gasteiger partial charge on any atom is -0.409 e. The molecule has 0 radical (unpaired) electrons. The van der Waals surface area contributed by atoms with Crippen LogP contribution in [0.25, 0.3) is 0 Å². The molecule has 0 saturated heterocycles. The smallest absolute Gasteiger partial charge is 0.190 e. The van der Waals surface area contributed by atoms with Gasteiger partial charge in [-0.3, -0.25) is 0 Å². The standard InChI is InChI=1S/C11H13N5OS/c1-16(7-8-3-2-4-18-8)10-6-13-9(5-14-10)11(12)15-17/h2-6,17H,7H2,1H3,(H2,12,15). The van der Waals surface area contributed by atoms with Crippen molar-refractivity contribution in [2.24, 2.45) is 10.9 Å². The van der Waals surface area contributed by atoms with Crippen LogP contribution in [-0.4, -0.2) is 28.1 Å². The van der Waals surface area contributed by atoms with E-state index in [1.54, 1.807) is 17.5 Å². The van der Waals surface area contributed by atoms with Crippen molar-refractivity contribution in [1.82, 2.24) is 9.97 Å². The summed E-state index contributed by atoms with van der Waals surface area (Å²) in [6, 6.07) is 4.08. The van der Waals surface area contributed by atoms with Crippen LogP contribution in [-0.2, 0) is 6.54 Å². The monoisotopic (exact) mass is 263 g/mol. The van der Waals surface area contributed by atoms with E-state index < -0.39 is 0 Å². The van der Waals surface area contributed by atoms with Gasteiger partial charge in [-0.1, -0.05) is 11.2 Å². The van der Waals surface area contributed by atoms with Crippen molar-refractivity contribution >= 4 is 23.0 Å². The quantitative estimate of drug-likeness (QED) is 0.375. The van der Waals surface area contributed by atoms with Gasteiger partial charge in [0, 0.05) is 11.9 Å². The van der Waals surface area contributed by atoms with Crippen molar-refractivity contribution in [3.05, 3.63) is 40.5 Å². The van der Waals surface area contributed by atoms with Crippen molar-refractivity contribution in [3.63, 3.8) is 0 Å². The third-order valence-electron chi connectivity index (χ3n) is 2.37. The van der Waals surface area contributed by atoms with Crippen LogP contribution in [0.15, 0.2) is 35.1 Å². The van der Waals surface area contributed by atoms with Gasteiger partial charge in [-0.25, -0.2) is 9.97 Å². The van der Waals surface area contributed by atoms with Crippen LogP contribution in [0.5, 0.6) is 0 Å². The Kier molecular flexibility index (Phi) is 3.73. The molecule has 0 bridgehead atoms. The molecule has 18 heavy (non-hydrogen) atoms. The van der Waals surface area contributed by atoms with Gasteiger partial charge in [0.2, 0.25) is 0 Å². The largest absolute Gasteiger partial charge is 0.409 e. The van der Waals surface area contributed by atoms with Crippen LogP contribution in [0.1, 0.15) is 10.6 Å². The van der Waals surface area contributed by atoms with Crippen LogP contribution in [0.3, 0.4) is 0 Å². The SMILES string of the molecule is CN(Cc1cccs1)c1cnc(C(N)=NO)cn1. The van der Waals surface area contributed by atoms with E-state index in [2.05, 4.69) is 21.2 Å². The number of hydrogen-bond donors (Lipinski definition) is 2. The number of nitrogens with two attached hydrogens (primary N) is 1. The summed E-state index contributed by atoms with van der Waals surface area (Å²) in [5, 5.41) is 13.4. The Morgan fingerprint density at radius 3 is 2.89 bits per heavy atom. The number of anilines is 1. The van der Waals surface area contributed by atoms with Gasteiger partial charge in [0.1, 0.15) is 11.5 Å². The van der Waals surface area contributed by atoms with Gasteiger partial charge in [0.25, 0.3) is 0 Å². The highest BCUT2D eigenvalue weighted by Gasteiger charge is 2.06. The Hall–Kier alpha value is -2.15. The highest BCUT2D eigenvalue weighted by atomic mass is 32.1. The summed E-state index contributed by atoms with van der Waals surface area (Å²) < 4.78 is 0. The van der Waals surface area contributed by atoms with E-state index in [4.69, 9.17) is 10.9 Å². The Morgan fingerprint density at radius 1 is 1.50 bits per heavy atom. The first kappa shape index (κ1) is 12.3. The van der Waals surface area contributed by atoms with E-state index in [1.165, 1.54) is 11.1 Å². The van der Waals surface area contributed by atoms with E-state index >= 15 is 0 Å². The van der Waals surface area contributed by atoms with Crippen molar-refractivity contribution < 1.29 is 5.21 Å². The molecule has 0 aromatic carbocycles. The number of thiophene rings is 1. The molecule has 0 aliphatic heterocycles. The minimum absolute atomic E-state index is 0.0463. The molecule has 0 saturated carbocycles. The highest BCUT2D eigenvalue weighted by Crippen LogP contribution is 2.15. The average molecular weight is 263 g/mol. The molecule has 0 aliphatic carbocycles. The second-order valence-electron chi connectivity index (χ2n) is 3.68. The fourth-order valence-electron chi connectivity index (χ4n) is 1.42. The topological polar surface area (TPSA) is 87.6 Å². The van der Waals surface area contributed by atoms with Crippen LogP contribution in [0.4, 0.5) is 5.82 Å². The summed E-state index contributed by atoms with van der Waals surface area (Å²) in [4.78, 5) is 11.5. The molecule has 0 aliphatic rings. The summed E-state index contributed by atoms with van der Waals surface area (Å²) in [5.74, 6) is 0.688. The van der Waals surface area contributed by atoms with Gasteiger partial charge < -0.3 is 15.8 Å². The van der Waals surface area contributed by atoms with E-state index in [-0.39, 0.29) is 5.84 Å². The molecular weight excluding hydrogens is 250 g/mol. The summed E-state index contributed by atoms with van der Waals surface area (Å²) in [6.45, 7) is 0.773. The molecule has 7 heteroatoms. The number of nitrogens with zero attached hydrogens (tertiary/aromatic N) is 4. The second-order valence-corrected chi connectivity index (χ2v) is 4.71. The van der Waals surface area contributed by atoms with Gasteiger partial charge in [-0.15, -0.1) is 11.3 Å². The first-order valence-corrected chi connectivity index (χ1v) is 6.12. The number of oxime groups is 1. The second kappa shape index (κ2) is 5.46. The highest BCUT2D eigenvalue weighted by molar-refractivity contribution is 7.09. The van der Waals surface area contributed by atoms with Gasteiger partial charge in [0.15, 0.2) is 5.84 Å². The summed E-state index contributed by atoms with van der Waals surface area (Å²) in [6.07, 6.45) is 3.08. The van der Waals surface area contributed by atoms with Crippen LogP contribution >= 0.6 is 11.3 Å². The summed E-state index contributed by atoms with van der Waals surface area (Å²) in [7, 11) is 1.94. The van der Waals surface area contributed by atoms with E-state index in [0.29, 0.717) is 5.69 Å². The third-order valence-corrected chi connectivity index (χ3v) is 3.23. The Morgan fingerprint density at radius 2 is 2.33 bits per heavy atom. The molecule has 0 atom stereocenters. The molecule has 0 unspecified atom stereocenters. The molecule has 0 spiro atoms. The van der Waals surface area contributed by atoms with Crippen LogP contribution in [0.2, 0.25) is 0 Å². The number of rotatable bonds is 4. The first-order valence-electron chi connectivity index (χ1n) is 5.24. The first-order chi connectivity index (χ1) is 8.70. The molecule has 2 aromatic heterocycles. The molecule has 3 N–H and O–H groups in total. The maximum absolute atomic E-state index is 8.52. The van der Waals surface area contributed by atoms with Gasteiger partial charge in [-0.05, 0) is 11.4 Å². The average Bonchev–Trinajstić information content (AvgIpc) is 2.91. The maximum atomic E-state index is 8.52. The van der Waals surface area contributed by atoms with Crippen molar-refractivity contribution in [2.45, 2.75) is 6.54 Å².